The SMILES string of the molecule is COc1cc(Br)cc(C(C)CCN)c1OC(C)C. The van der Waals surface area contributed by atoms with E-state index in [1.54, 1.807) is 7.11 Å². The summed E-state index contributed by atoms with van der Waals surface area (Å²) >= 11 is 3.51. The van der Waals surface area contributed by atoms with Crippen molar-refractivity contribution < 1.29 is 9.47 Å². The van der Waals surface area contributed by atoms with Crippen LogP contribution in [0.15, 0.2) is 16.6 Å². The molecule has 1 unspecified atom stereocenters. The molecule has 0 heterocycles. The van der Waals surface area contributed by atoms with Gasteiger partial charge in [-0.2, -0.15) is 0 Å². The van der Waals surface area contributed by atoms with Crippen molar-refractivity contribution in [3.05, 3.63) is 22.2 Å². The maximum absolute atomic E-state index is 5.90. The lowest BCUT2D eigenvalue weighted by molar-refractivity contribution is 0.226. The molecule has 0 radical (unpaired) electrons. The molecular formula is C14H22BrNO2. The Balaban J connectivity index is 3.22. The molecule has 0 aliphatic carbocycles. The van der Waals surface area contributed by atoms with E-state index < -0.39 is 0 Å². The Morgan fingerprint density at radius 1 is 1.28 bits per heavy atom. The summed E-state index contributed by atoms with van der Waals surface area (Å²) in [7, 11) is 1.66. The van der Waals surface area contributed by atoms with Crippen LogP contribution in [0.25, 0.3) is 0 Å². The third-order valence-corrected chi connectivity index (χ3v) is 3.21. The number of hydrogen-bond donors (Lipinski definition) is 1. The Kier molecular flexibility index (Phi) is 5.96. The summed E-state index contributed by atoms with van der Waals surface area (Å²) in [5.74, 6) is 1.93. The lowest BCUT2D eigenvalue weighted by Gasteiger charge is -2.21. The van der Waals surface area contributed by atoms with Crippen molar-refractivity contribution in [3.63, 3.8) is 0 Å². The van der Waals surface area contributed by atoms with E-state index >= 15 is 0 Å². The fourth-order valence-electron chi connectivity index (χ4n) is 1.87. The molecule has 4 heteroatoms. The van der Waals surface area contributed by atoms with Gasteiger partial charge in [0, 0.05) is 10.0 Å². The minimum absolute atomic E-state index is 0.115. The van der Waals surface area contributed by atoms with Crippen molar-refractivity contribution in [2.24, 2.45) is 5.73 Å². The average Bonchev–Trinajstić information content (AvgIpc) is 2.30. The molecular weight excluding hydrogens is 294 g/mol. The molecule has 0 aromatic heterocycles. The van der Waals surface area contributed by atoms with Crippen molar-refractivity contribution >= 4 is 15.9 Å². The highest BCUT2D eigenvalue weighted by Crippen LogP contribution is 2.40. The molecule has 1 aromatic carbocycles. The Morgan fingerprint density at radius 3 is 2.44 bits per heavy atom. The monoisotopic (exact) mass is 315 g/mol. The highest BCUT2D eigenvalue weighted by Gasteiger charge is 2.18. The Hall–Kier alpha value is -0.740. The summed E-state index contributed by atoms with van der Waals surface area (Å²) < 4.78 is 12.3. The maximum Gasteiger partial charge on any atom is 0.165 e. The van der Waals surface area contributed by atoms with Gasteiger partial charge in [0.1, 0.15) is 0 Å². The van der Waals surface area contributed by atoms with Gasteiger partial charge >= 0.3 is 0 Å². The smallest absolute Gasteiger partial charge is 0.165 e. The Bertz CT molecular complexity index is 394. The van der Waals surface area contributed by atoms with Gasteiger partial charge in [0.05, 0.1) is 13.2 Å². The van der Waals surface area contributed by atoms with Gasteiger partial charge in [-0.25, -0.2) is 0 Å². The molecule has 1 aromatic rings. The molecule has 0 amide bonds. The molecule has 0 spiro atoms. The van der Waals surface area contributed by atoms with Gasteiger partial charge in [-0.1, -0.05) is 22.9 Å². The van der Waals surface area contributed by atoms with Crippen LogP contribution in [0.1, 0.15) is 38.7 Å². The highest BCUT2D eigenvalue weighted by molar-refractivity contribution is 9.10. The number of hydrogen-bond acceptors (Lipinski definition) is 3. The topological polar surface area (TPSA) is 44.5 Å². The first kappa shape index (κ1) is 15.3. The van der Waals surface area contributed by atoms with Crippen molar-refractivity contribution in [1.29, 1.82) is 0 Å². The van der Waals surface area contributed by atoms with E-state index in [-0.39, 0.29) is 6.10 Å². The zero-order chi connectivity index (χ0) is 13.7. The van der Waals surface area contributed by atoms with Crippen LogP contribution in [0.2, 0.25) is 0 Å². The van der Waals surface area contributed by atoms with Crippen LogP contribution in [0.5, 0.6) is 11.5 Å². The molecule has 102 valence electrons. The quantitative estimate of drug-likeness (QED) is 0.870. The zero-order valence-corrected chi connectivity index (χ0v) is 13.1. The summed E-state index contributed by atoms with van der Waals surface area (Å²) in [4.78, 5) is 0. The standard InChI is InChI=1S/C14H22BrNO2/c1-9(2)18-14-12(10(3)5-6-16)7-11(15)8-13(14)17-4/h7-10H,5-6,16H2,1-4H3. The molecule has 0 aliphatic rings. The first-order valence-corrected chi connectivity index (χ1v) is 7.03. The van der Waals surface area contributed by atoms with Gasteiger partial charge in [-0.3, -0.25) is 0 Å². The van der Waals surface area contributed by atoms with Crippen LogP contribution in [0.3, 0.4) is 0 Å². The van der Waals surface area contributed by atoms with Crippen LogP contribution < -0.4 is 15.2 Å². The fraction of sp³-hybridized carbons (Fsp3) is 0.571. The third kappa shape index (κ3) is 3.89. The normalized spacial score (nSPS) is 12.6. The predicted octanol–water partition coefficient (Wildman–Crippen LogP) is 3.70. The van der Waals surface area contributed by atoms with Gasteiger partial charge in [0.15, 0.2) is 11.5 Å². The van der Waals surface area contributed by atoms with Crippen LogP contribution in [0, 0.1) is 0 Å². The van der Waals surface area contributed by atoms with E-state index in [4.69, 9.17) is 15.2 Å². The van der Waals surface area contributed by atoms with Gasteiger partial charge in [0.2, 0.25) is 0 Å². The minimum atomic E-state index is 0.115. The molecule has 1 rings (SSSR count). The fourth-order valence-corrected chi connectivity index (χ4v) is 2.33. The van der Waals surface area contributed by atoms with Crippen molar-refractivity contribution in [3.8, 4) is 11.5 Å². The van der Waals surface area contributed by atoms with Crippen molar-refractivity contribution in [2.75, 3.05) is 13.7 Å². The molecule has 0 fully saturated rings. The molecule has 3 nitrogen and oxygen atoms in total. The number of rotatable bonds is 6. The second kappa shape index (κ2) is 7.00. The van der Waals surface area contributed by atoms with E-state index in [1.165, 1.54) is 0 Å². The van der Waals surface area contributed by atoms with E-state index in [0.29, 0.717) is 12.5 Å². The number of benzene rings is 1. The lowest BCUT2D eigenvalue weighted by Crippen LogP contribution is -2.11. The van der Waals surface area contributed by atoms with E-state index in [9.17, 15) is 0 Å². The number of halogens is 1. The Morgan fingerprint density at radius 2 is 1.94 bits per heavy atom. The van der Waals surface area contributed by atoms with Crippen LogP contribution >= 0.6 is 15.9 Å². The Labute approximate surface area is 118 Å². The molecule has 0 aliphatic heterocycles. The lowest BCUT2D eigenvalue weighted by atomic mass is 9.96. The number of ether oxygens (including phenoxy) is 2. The van der Waals surface area contributed by atoms with E-state index in [0.717, 1.165) is 28.0 Å². The summed E-state index contributed by atoms with van der Waals surface area (Å²) in [6.07, 6.45) is 1.04. The van der Waals surface area contributed by atoms with Gasteiger partial charge in [0.25, 0.3) is 0 Å². The van der Waals surface area contributed by atoms with Crippen LogP contribution in [0.4, 0.5) is 0 Å². The summed E-state index contributed by atoms with van der Waals surface area (Å²) in [5.41, 5.74) is 6.78. The molecule has 18 heavy (non-hydrogen) atoms. The zero-order valence-electron chi connectivity index (χ0n) is 11.5. The summed E-state index contributed by atoms with van der Waals surface area (Å²) in [6.45, 7) is 6.84. The second-order valence-electron chi connectivity index (χ2n) is 4.67. The third-order valence-electron chi connectivity index (χ3n) is 2.75. The first-order chi connectivity index (χ1) is 8.49. The maximum atomic E-state index is 5.90. The van der Waals surface area contributed by atoms with Crippen LogP contribution in [-0.2, 0) is 0 Å². The van der Waals surface area contributed by atoms with Crippen molar-refractivity contribution in [1.82, 2.24) is 0 Å². The van der Waals surface area contributed by atoms with Crippen LogP contribution in [-0.4, -0.2) is 19.8 Å². The molecule has 0 saturated heterocycles. The van der Waals surface area contributed by atoms with Gasteiger partial charge in [-0.15, -0.1) is 0 Å². The molecule has 0 saturated carbocycles. The molecule has 2 N–H and O–H groups in total. The predicted molar refractivity (Wildman–Crippen MR) is 78.5 cm³/mol. The summed E-state index contributed by atoms with van der Waals surface area (Å²) in [6, 6.07) is 4.01. The van der Waals surface area contributed by atoms with Gasteiger partial charge < -0.3 is 15.2 Å². The van der Waals surface area contributed by atoms with Crippen molar-refractivity contribution in [2.45, 2.75) is 39.2 Å². The molecule has 1 atom stereocenters. The number of methoxy groups -OCH3 is 1. The largest absolute Gasteiger partial charge is 0.493 e. The second-order valence-corrected chi connectivity index (χ2v) is 5.59. The molecule has 0 bridgehead atoms. The van der Waals surface area contributed by atoms with E-state index in [1.807, 2.05) is 19.9 Å². The highest BCUT2D eigenvalue weighted by atomic mass is 79.9. The average molecular weight is 316 g/mol. The number of nitrogens with two attached hydrogens (primary N) is 1. The van der Waals surface area contributed by atoms with Gasteiger partial charge in [-0.05, 0) is 44.9 Å². The van der Waals surface area contributed by atoms with E-state index in [2.05, 4.69) is 28.9 Å². The summed E-state index contributed by atoms with van der Waals surface area (Å²) in [5, 5.41) is 0. The first-order valence-electron chi connectivity index (χ1n) is 6.23. The minimum Gasteiger partial charge on any atom is -0.493 e.